The molecule has 0 bridgehead atoms. The van der Waals surface area contributed by atoms with Crippen LogP contribution in [0.3, 0.4) is 0 Å². The number of nitrogens with zero attached hydrogens (tertiary/aromatic N) is 1. The van der Waals surface area contributed by atoms with Crippen molar-refractivity contribution in [1.82, 2.24) is 4.31 Å². The van der Waals surface area contributed by atoms with Crippen molar-refractivity contribution < 1.29 is 8.42 Å². The number of benzene rings is 1. The molecular weight excluding hydrogens is 294 g/mol. The molecule has 2 rings (SSSR count). The molecule has 3 nitrogen and oxygen atoms in total. The first-order chi connectivity index (χ1) is 9.63. The van der Waals surface area contributed by atoms with Crippen molar-refractivity contribution in [3.63, 3.8) is 0 Å². The van der Waals surface area contributed by atoms with Gasteiger partial charge in [0.15, 0.2) is 0 Å². The Kier molecular flexibility index (Phi) is 5.64. The van der Waals surface area contributed by atoms with Gasteiger partial charge in [0.2, 0.25) is 10.0 Å². The Morgan fingerprint density at radius 3 is 2.50 bits per heavy atom. The molecule has 0 unspecified atom stereocenters. The summed E-state index contributed by atoms with van der Waals surface area (Å²) in [7, 11) is -3.13. The molecule has 110 valence electrons. The van der Waals surface area contributed by atoms with Gasteiger partial charge in [0.1, 0.15) is 0 Å². The first kappa shape index (κ1) is 15.5. The quantitative estimate of drug-likeness (QED) is 0.598. The third kappa shape index (κ3) is 4.08. The van der Waals surface area contributed by atoms with Gasteiger partial charge in [-0.3, -0.25) is 0 Å². The van der Waals surface area contributed by atoms with E-state index in [9.17, 15) is 8.42 Å². The second-order valence-electron chi connectivity index (χ2n) is 4.92. The number of sulfonamides is 1. The molecule has 0 fully saturated rings. The predicted molar refractivity (Wildman–Crippen MR) is 84.3 cm³/mol. The fourth-order valence-electron chi connectivity index (χ4n) is 2.33. The molecule has 1 aromatic rings. The van der Waals surface area contributed by atoms with Gasteiger partial charge in [-0.15, -0.1) is 11.6 Å². The maximum Gasteiger partial charge on any atom is 0.214 e. The zero-order chi connectivity index (χ0) is 14.4. The Morgan fingerprint density at radius 2 is 1.90 bits per heavy atom. The van der Waals surface area contributed by atoms with E-state index in [1.54, 1.807) is 4.31 Å². The van der Waals surface area contributed by atoms with Gasteiger partial charge >= 0.3 is 0 Å². The van der Waals surface area contributed by atoms with E-state index in [-0.39, 0.29) is 5.75 Å². The molecule has 20 heavy (non-hydrogen) atoms. The van der Waals surface area contributed by atoms with E-state index in [4.69, 9.17) is 11.6 Å². The highest BCUT2D eigenvalue weighted by Gasteiger charge is 2.23. The normalized spacial score (nSPS) is 16.9. The van der Waals surface area contributed by atoms with Crippen molar-refractivity contribution in [1.29, 1.82) is 0 Å². The lowest BCUT2D eigenvalue weighted by Gasteiger charge is -2.26. The van der Waals surface area contributed by atoms with Crippen molar-refractivity contribution in [3.8, 4) is 0 Å². The van der Waals surface area contributed by atoms with E-state index < -0.39 is 10.0 Å². The zero-order valence-corrected chi connectivity index (χ0v) is 13.0. The summed E-state index contributed by atoms with van der Waals surface area (Å²) in [5, 5.41) is 0. The topological polar surface area (TPSA) is 37.4 Å². The van der Waals surface area contributed by atoms with E-state index in [0.717, 1.165) is 12.8 Å². The average Bonchev–Trinajstić information content (AvgIpc) is 2.48. The predicted octanol–water partition coefficient (Wildman–Crippen LogP) is 3.12. The Morgan fingerprint density at radius 1 is 1.15 bits per heavy atom. The molecule has 0 aliphatic carbocycles. The van der Waals surface area contributed by atoms with Crippen molar-refractivity contribution in [2.45, 2.75) is 19.3 Å². The molecule has 0 N–H and O–H groups in total. The van der Waals surface area contributed by atoms with Crippen LogP contribution in [0.1, 0.15) is 24.8 Å². The summed E-state index contributed by atoms with van der Waals surface area (Å²) in [5.41, 5.74) is 2.42. The maximum atomic E-state index is 12.2. The number of hydrogen-bond acceptors (Lipinski definition) is 2. The first-order valence-electron chi connectivity index (χ1n) is 6.92. The van der Waals surface area contributed by atoms with Crippen LogP contribution in [0.5, 0.6) is 0 Å². The second-order valence-corrected chi connectivity index (χ2v) is 7.38. The molecule has 5 heteroatoms. The molecule has 0 atom stereocenters. The standard InChI is InChI=1S/C15H20ClNO2S/c16-10-4-5-13-20(18,19)17-11-8-15(9-12-17)14-6-2-1-3-7-14/h1-3,6-8H,4-5,9-13H2. The molecule has 0 amide bonds. The van der Waals surface area contributed by atoms with Gasteiger partial charge in [0.25, 0.3) is 0 Å². The number of unbranched alkanes of at least 4 members (excludes halogenated alkanes) is 1. The molecule has 1 aliphatic heterocycles. The van der Waals surface area contributed by atoms with Crippen molar-refractivity contribution in [3.05, 3.63) is 42.0 Å². The van der Waals surface area contributed by atoms with Crippen molar-refractivity contribution in [2.75, 3.05) is 24.7 Å². The van der Waals surface area contributed by atoms with E-state index in [1.165, 1.54) is 11.1 Å². The van der Waals surface area contributed by atoms with Crippen LogP contribution >= 0.6 is 11.6 Å². The Labute approximate surface area is 126 Å². The first-order valence-corrected chi connectivity index (χ1v) is 9.06. The SMILES string of the molecule is O=S(=O)(CCCCCl)N1CC=C(c2ccccc2)CC1. The van der Waals surface area contributed by atoms with E-state index >= 15 is 0 Å². The lowest BCUT2D eigenvalue weighted by atomic mass is 10.0. The van der Waals surface area contributed by atoms with E-state index in [1.807, 2.05) is 24.3 Å². The van der Waals surface area contributed by atoms with Gasteiger partial charge in [0, 0.05) is 19.0 Å². The molecule has 0 saturated carbocycles. The molecule has 1 aromatic carbocycles. The highest BCUT2D eigenvalue weighted by molar-refractivity contribution is 7.89. The third-order valence-electron chi connectivity index (χ3n) is 3.50. The Hall–Kier alpha value is -0.840. The summed E-state index contributed by atoms with van der Waals surface area (Å²) < 4.78 is 25.9. The number of halogens is 1. The molecule has 0 spiro atoms. The summed E-state index contributed by atoms with van der Waals surface area (Å²) in [6.07, 6.45) is 4.19. The Bertz CT molecular complexity index is 554. The minimum Gasteiger partial charge on any atom is -0.212 e. The summed E-state index contributed by atoms with van der Waals surface area (Å²) >= 11 is 5.59. The highest BCUT2D eigenvalue weighted by Crippen LogP contribution is 2.23. The van der Waals surface area contributed by atoms with Gasteiger partial charge in [-0.1, -0.05) is 36.4 Å². The Balaban J connectivity index is 1.98. The van der Waals surface area contributed by atoms with Crippen LogP contribution in [-0.2, 0) is 10.0 Å². The number of rotatable bonds is 6. The molecular formula is C15H20ClNO2S. The van der Waals surface area contributed by atoms with Crippen LogP contribution in [0.15, 0.2) is 36.4 Å². The average molecular weight is 314 g/mol. The second kappa shape index (κ2) is 7.25. The monoisotopic (exact) mass is 313 g/mol. The third-order valence-corrected chi connectivity index (χ3v) is 5.69. The largest absolute Gasteiger partial charge is 0.214 e. The fourth-order valence-corrected chi connectivity index (χ4v) is 4.01. The fraction of sp³-hybridized carbons (Fsp3) is 0.467. The van der Waals surface area contributed by atoms with Crippen LogP contribution in [0.25, 0.3) is 5.57 Å². The van der Waals surface area contributed by atoms with Gasteiger partial charge in [-0.25, -0.2) is 8.42 Å². The zero-order valence-electron chi connectivity index (χ0n) is 11.5. The lowest BCUT2D eigenvalue weighted by Crippen LogP contribution is -2.36. The van der Waals surface area contributed by atoms with Gasteiger partial charge < -0.3 is 0 Å². The minimum absolute atomic E-state index is 0.203. The molecule has 1 aliphatic rings. The summed E-state index contributed by atoms with van der Waals surface area (Å²) in [5.74, 6) is 0.724. The van der Waals surface area contributed by atoms with Crippen LogP contribution in [-0.4, -0.2) is 37.4 Å². The molecule has 1 heterocycles. The molecule has 0 aromatic heterocycles. The summed E-state index contributed by atoms with van der Waals surface area (Å²) in [4.78, 5) is 0. The lowest BCUT2D eigenvalue weighted by molar-refractivity contribution is 0.440. The van der Waals surface area contributed by atoms with Crippen LogP contribution in [0, 0.1) is 0 Å². The summed E-state index contributed by atoms with van der Waals surface area (Å²) in [6, 6.07) is 10.1. The van der Waals surface area contributed by atoms with E-state index in [2.05, 4.69) is 12.1 Å². The maximum absolute atomic E-state index is 12.2. The van der Waals surface area contributed by atoms with Crippen LogP contribution in [0.4, 0.5) is 0 Å². The van der Waals surface area contributed by atoms with Crippen molar-refractivity contribution >= 4 is 27.2 Å². The minimum atomic E-state index is -3.13. The van der Waals surface area contributed by atoms with E-state index in [0.29, 0.717) is 25.4 Å². The van der Waals surface area contributed by atoms with Gasteiger partial charge in [-0.2, -0.15) is 4.31 Å². The number of alkyl halides is 1. The summed E-state index contributed by atoms with van der Waals surface area (Å²) in [6.45, 7) is 1.05. The van der Waals surface area contributed by atoms with Crippen molar-refractivity contribution in [2.24, 2.45) is 0 Å². The highest BCUT2D eigenvalue weighted by atomic mass is 35.5. The number of hydrogen-bond donors (Lipinski definition) is 0. The molecule has 0 radical (unpaired) electrons. The van der Waals surface area contributed by atoms with Crippen LogP contribution in [0.2, 0.25) is 0 Å². The van der Waals surface area contributed by atoms with Gasteiger partial charge in [0.05, 0.1) is 5.75 Å². The molecule has 0 saturated heterocycles. The van der Waals surface area contributed by atoms with Gasteiger partial charge in [-0.05, 0) is 30.4 Å². The smallest absolute Gasteiger partial charge is 0.212 e. The van der Waals surface area contributed by atoms with Crippen LogP contribution < -0.4 is 0 Å².